The molecule has 1 N–H and O–H groups in total. The minimum absolute atomic E-state index is 0.0364. The molecule has 0 aliphatic carbocycles. The van der Waals surface area contributed by atoms with E-state index in [2.05, 4.69) is 5.10 Å². The summed E-state index contributed by atoms with van der Waals surface area (Å²) in [5.74, 6) is -2.21. The Morgan fingerprint density at radius 1 is 1.47 bits per heavy atom. The fraction of sp³-hybridized carbons (Fsp3) is 0.400. The van der Waals surface area contributed by atoms with Gasteiger partial charge in [0, 0.05) is 13.0 Å². The number of carbonyl (C=O) groups is 3. The molecule has 0 amide bonds. The molecule has 0 aliphatic rings. The van der Waals surface area contributed by atoms with E-state index in [0.717, 1.165) is 4.68 Å². The summed E-state index contributed by atoms with van der Waals surface area (Å²) in [5.41, 5.74) is -0.00578. The largest absolute Gasteiger partial charge is 0.480 e. The Morgan fingerprint density at radius 2 is 2.12 bits per heavy atom. The average molecular weight is 240 g/mol. The SMILES string of the molecule is CCOC(=O)c1cc(C(C)=O)nn1CC(=O)O. The number of carbonyl (C=O) groups excluding carboxylic acids is 2. The van der Waals surface area contributed by atoms with Gasteiger partial charge in [-0.1, -0.05) is 0 Å². The predicted octanol–water partition coefficient (Wildman–Crippen LogP) is 0.347. The second-order valence-corrected chi connectivity index (χ2v) is 3.24. The van der Waals surface area contributed by atoms with Crippen LogP contribution in [0.1, 0.15) is 34.8 Å². The van der Waals surface area contributed by atoms with Gasteiger partial charge < -0.3 is 9.84 Å². The van der Waals surface area contributed by atoms with Gasteiger partial charge in [-0.3, -0.25) is 9.59 Å². The molecule has 1 heterocycles. The van der Waals surface area contributed by atoms with Crippen LogP contribution in [-0.2, 0) is 16.1 Å². The summed E-state index contributed by atoms with van der Waals surface area (Å²) < 4.78 is 5.68. The van der Waals surface area contributed by atoms with Crippen molar-refractivity contribution in [2.75, 3.05) is 6.61 Å². The first-order valence-electron chi connectivity index (χ1n) is 4.93. The Balaban J connectivity index is 3.11. The first-order chi connectivity index (χ1) is 7.95. The number of carboxylic acid groups (broad SMARTS) is 1. The van der Waals surface area contributed by atoms with Crippen LogP contribution >= 0.6 is 0 Å². The Hall–Kier alpha value is -2.18. The molecule has 0 unspecified atom stereocenters. The molecule has 0 saturated heterocycles. The smallest absolute Gasteiger partial charge is 0.356 e. The number of aromatic nitrogens is 2. The Bertz CT molecular complexity index is 463. The summed E-state index contributed by atoms with van der Waals surface area (Å²) in [5, 5.41) is 12.4. The van der Waals surface area contributed by atoms with E-state index < -0.39 is 18.5 Å². The summed E-state index contributed by atoms with van der Waals surface area (Å²) in [6.07, 6.45) is 0. The molecule has 0 fully saturated rings. The van der Waals surface area contributed by atoms with Crippen LogP contribution < -0.4 is 0 Å². The van der Waals surface area contributed by atoms with Gasteiger partial charge >= 0.3 is 11.9 Å². The normalized spacial score (nSPS) is 10.0. The molecule has 0 saturated carbocycles. The van der Waals surface area contributed by atoms with E-state index in [-0.39, 0.29) is 23.8 Å². The van der Waals surface area contributed by atoms with Crippen LogP contribution in [0.25, 0.3) is 0 Å². The van der Waals surface area contributed by atoms with E-state index in [1.165, 1.54) is 13.0 Å². The maximum absolute atomic E-state index is 11.5. The first-order valence-corrected chi connectivity index (χ1v) is 4.93. The van der Waals surface area contributed by atoms with Gasteiger partial charge in [0.2, 0.25) is 0 Å². The number of rotatable bonds is 5. The van der Waals surface area contributed by atoms with Crippen LogP contribution in [0.3, 0.4) is 0 Å². The summed E-state index contributed by atoms with van der Waals surface area (Å²) in [7, 11) is 0. The number of aliphatic carboxylic acids is 1. The zero-order valence-corrected chi connectivity index (χ0v) is 9.47. The quantitative estimate of drug-likeness (QED) is 0.588. The molecule has 92 valence electrons. The first kappa shape index (κ1) is 12.9. The highest BCUT2D eigenvalue weighted by Gasteiger charge is 2.19. The van der Waals surface area contributed by atoms with Crippen LogP contribution in [0.2, 0.25) is 0 Å². The lowest BCUT2D eigenvalue weighted by molar-refractivity contribution is -0.137. The van der Waals surface area contributed by atoms with Crippen molar-refractivity contribution in [1.29, 1.82) is 0 Å². The van der Waals surface area contributed by atoms with Gasteiger partial charge in [-0.15, -0.1) is 0 Å². The third kappa shape index (κ3) is 3.13. The molecule has 0 bridgehead atoms. The molecule has 1 aromatic rings. The summed E-state index contributed by atoms with van der Waals surface area (Å²) >= 11 is 0. The van der Waals surface area contributed by atoms with Gasteiger partial charge in [0.15, 0.2) is 5.78 Å². The highest BCUT2D eigenvalue weighted by molar-refractivity contribution is 5.96. The van der Waals surface area contributed by atoms with Gasteiger partial charge in [-0.05, 0) is 6.92 Å². The predicted molar refractivity (Wildman–Crippen MR) is 55.8 cm³/mol. The minimum atomic E-state index is -1.16. The number of hydrogen-bond acceptors (Lipinski definition) is 5. The van der Waals surface area contributed by atoms with Crippen molar-refractivity contribution < 1.29 is 24.2 Å². The van der Waals surface area contributed by atoms with E-state index in [9.17, 15) is 14.4 Å². The van der Waals surface area contributed by atoms with Crippen LogP contribution in [0.5, 0.6) is 0 Å². The molecule has 0 aliphatic heterocycles. The molecule has 0 atom stereocenters. The number of hydrogen-bond donors (Lipinski definition) is 1. The lowest BCUT2D eigenvalue weighted by Gasteiger charge is -2.03. The van der Waals surface area contributed by atoms with Crippen molar-refractivity contribution >= 4 is 17.7 Å². The number of esters is 1. The lowest BCUT2D eigenvalue weighted by atomic mass is 10.3. The average Bonchev–Trinajstić information content (AvgIpc) is 2.61. The molecular formula is C10H12N2O5. The molecular weight excluding hydrogens is 228 g/mol. The van der Waals surface area contributed by atoms with E-state index in [1.807, 2.05) is 0 Å². The molecule has 1 aromatic heterocycles. The standard InChI is InChI=1S/C10H12N2O5/c1-3-17-10(16)8-4-7(6(2)13)11-12(8)5-9(14)15/h4H,3,5H2,1-2H3,(H,14,15). The number of nitrogens with zero attached hydrogens (tertiary/aromatic N) is 2. The topological polar surface area (TPSA) is 98.5 Å². The van der Waals surface area contributed by atoms with E-state index in [0.29, 0.717) is 0 Å². The molecule has 0 spiro atoms. The van der Waals surface area contributed by atoms with Crippen molar-refractivity contribution in [1.82, 2.24) is 9.78 Å². The van der Waals surface area contributed by atoms with Crippen LogP contribution in [0.15, 0.2) is 6.07 Å². The van der Waals surface area contributed by atoms with Gasteiger partial charge in [0.05, 0.1) is 6.61 Å². The fourth-order valence-corrected chi connectivity index (χ4v) is 1.21. The third-order valence-electron chi connectivity index (χ3n) is 1.91. The molecule has 0 radical (unpaired) electrons. The van der Waals surface area contributed by atoms with Crippen molar-refractivity contribution in [3.8, 4) is 0 Å². The number of ether oxygens (including phenoxy) is 1. The van der Waals surface area contributed by atoms with Crippen LogP contribution in [0, 0.1) is 0 Å². The van der Waals surface area contributed by atoms with Crippen molar-refractivity contribution in [3.63, 3.8) is 0 Å². The number of carboxylic acids is 1. The third-order valence-corrected chi connectivity index (χ3v) is 1.91. The van der Waals surface area contributed by atoms with Gasteiger partial charge in [-0.2, -0.15) is 5.10 Å². The summed E-state index contributed by atoms with van der Waals surface area (Å²) in [4.78, 5) is 33.2. The second-order valence-electron chi connectivity index (χ2n) is 3.24. The van der Waals surface area contributed by atoms with Gasteiger partial charge in [-0.25, -0.2) is 9.48 Å². The van der Waals surface area contributed by atoms with Crippen LogP contribution in [-0.4, -0.2) is 39.2 Å². The maximum Gasteiger partial charge on any atom is 0.356 e. The Labute approximate surface area is 97.0 Å². The highest BCUT2D eigenvalue weighted by atomic mass is 16.5. The van der Waals surface area contributed by atoms with Crippen molar-refractivity contribution in [2.45, 2.75) is 20.4 Å². The van der Waals surface area contributed by atoms with E-state index in [4.69, 9.17) is 9.84 Å². The molecule has 7 heteroatoms. The number of ketones is 1. The highest BCUT2D eigenvalue weighted by Crippen LogP contribution is 2.07. The van der Waals surface area contributed by atoms with E-state index >= 15 is 0 Å². The summed E-state index contributed by atoms with van der Waals surface area (Å²) in [6, 6.07) is 1.23. The Morgan fingerprint density at radius 3 is 2.59 bits per heavy atom. The fourth-order valence-electron chi connectivity index (χ4n) is 1.21. The zero-order valence-electron chi connectivity index (χ0n) is 9.47. The second kappa shape index (κ2) is 5.24. The number of Topliss-reactive ketones (excluding diaryl/α,β-unsaturated/α-hetero) is 1. The lowest BCUT2D eigenvalue weighted by Crippen LogP contribution is -2.17. The molecule has 17 heavy (non-hydrogen) atoms. The Kier molecular flexibility index (Phi) is 3.97. The van der Waals surface area contributed by atoms with Crippen molar-refractivity contribution in [3.05, 3.63) is 17.5 Å². The summed E-state index contributed by atoms with van der Waals surface area (Å²) in [6.45, 7) is 2.57. The van der Waals surface area contributed by atoms with E-state index in [1.54, 1.807) is 6.92 Å². The maximum atomic E-state index is 11.5. The van der Waals surface area contributed by atoms with Crippen molar-refractivity contribution in [2.24, 2.45) is 0 Å². The monoisotopic (exact) mass is 240 g/mol. The zero-order chi connectivity index (χ0) is 13.0. The molecule has 0 aromatic carbocycles. The molecule has 7 nitrogen and oxygen atoms in total. The van der Waals surface area contributed by atoms with Crippen LogP contribution in [0.4, 0.5) is 0 Å². The van der Waals surface area contributed by atoms with Gasteiger partial charge in [0.25, 0.3) is 0 Å². The van der Waals surface area contributed by atoms with Gasteiger partial charge in [0.1, 0.15) is 17.9 Å². The molecule has 1 rings (SSSR count). The minimum Gasteiger partial charge on any atom is -0.480 e.